The van der Waals surface area contributed by atoms with Crippen molar-refractivity contribution in [1.29, 1.82) is 0 Å². The summed E-state index contributed by atoms with van der Waals surface area (Å²) in [5.41, 5.74) is 0. The van der Waals surface area contributed by atoms with E-state index < -0.39 is 19.0 Å². The number of unbranched alkanes of at least 4 members (excludes halogenated alkanes) is 1. The van der Waals surface area contributed by atoms with E-state index in [2.05, 4.69) is 10.1 Å². The molecule has 0 unspecified atom stereocenters. The zero-order chi connectivity index (χ0) is 12.6. The second-order valence-corrected chi connectivity index (χ2v) is 3.93. The van der Waals surface area contributed by atoms with E-state index in [0.29, 0.717) is 12.5 Å². The molecule has 98 valence electrons. The van der Waals surface area contributed by atoms with E-state index in [1.54, 1.807) is 0 Å². The lowest BCUT2D eigenvalue weighted by molar-refractivity contribution is -0.165. The number of halogens is 4. The van der Waals surface area contributed by atoms with Gasteiger partial charge in [0.1, 0.15) is 6.61 Å². The Hall–Kier alpha value is -0.360. The fraction of sp³-hybridized carbons (Fsp3) is 1.00. The molecule has 0 aliphatic rings. The molecule has 0 aromatic heterocycles. The number of alkyl halides is 4. The van der Waals surface area contributed by atoms with Gasteiger partial charge in [0, 0.05) is 12.6 Å². The van der Waals surface area contributed by atoms with Crippen LogP contribution >= 0.6 is 0 Å². The highest BCUT2D eigenvalue weighted by atomic mass is 19.3. The lowest BCUT2D eigenvalue weighted by Crippen LogP contribution is -2.32. The van der Waals surface area contributed by atoms with Crippen LogP contribution in [0.2, 0.25) is 0 Å². The van der Waals surface area contributed by atoms with Gasteiger partial charge in [0.05, 0.1) is 0 Å². The van der Waals surface area contributed by atoms with Crippen LogP contribution in [0, 0.1) is 0 Å². The Labute approximate surface area is 93.3 Å². The van der Waals surface area contributed by atoms with Crippen molar-refractivity contribution in [1.82, 2.24) is 5.32 Å². The summed E-state index contributed by atoms with van der Waals surface area (Å²) in [4.78, 5) is 0. The molecule has 0 amide bonds. The van der Waals surface area contributed by atoms with Crippen molar-refractivity contribution in [2.45, 2.75) is 45.1 Å². The monoisotopic (exact) mass is 245 g/mol. The zero-order valence-corrected chi connectivity index (χ0v) is 9.61. The first kappa shape index (κ1) is 15.6. The lowest BCUT2D eigenvalue weighted by atomic mass is 10.3. The number of nitrogens with one attached hydrogen (secondary N) is 1. The molecule has 0 radical (unpaired) electrons. The van der Waals surface area contributed by atoms with Crippen molar-refractivity contribution < 1.29 is 22.3 Å². The van der Waals surface area contributed by atoms with Gasteiger partial charge in [0.15, 0.2) is 0 Å². The molecule has 0 aromatic carbocycles. The van der Waals surface area contributed by atoms with Crippen LogP contribution in [0.4, 0.5) is 17.6 Å². The number of ether oxygens (including phenoxy) is 1. The standard InChI is InChI=1S/C10H19F4NO/c1-8(2)15-5-3-4-6-16-7-10(13,14)9(11)12/h8-9,15H,3-7H2,1-2H3. The summed E-state index contributed by atoms with van der Waals surface area (Å²) in [5, 5.41) is 3.15. The van der Waals surface area contributed by atoms with Gasteiger partial charge in [-0.3, -0.25) is 0 Å². The van der Waals surface area contributed by atoms with E-state index in [1.807, 2.05) is 13.8 Å². The minimum atomic E-state index is -4.03. The summed E-state index contributed by atoms with van der Waals surface area (Å²) >= 11 is 0. The van der Waals surface area contributed by atoms with Crippen LogP contribution in [0.25, 0.3) is 0 Å². The molecule has 1 N–H and O–H groups in total. The van der Waals surface area contributed by atoms with Crippen LogP contribution in [0.1, 0.15) is 26.7 Å². The zero-order valence-electron chi connectivity index (χ0n) is 9.61. The first-order valence-electron chi connectivity index (χ1n) is 5.33. The normalized spacial score (nSPS) is 12.8. The molecule has 6 heteroatoms. The van der Waals surface area contributed by atoms with Gasteiger partial charge >= 0.3 is 12.3 Å². The van der Waals surface area contributed by atoms with E-state index in [-0.39, 0.29) is 6.61 Å². The van der Waals surface area contributed by atoms with Crippen molar-refractivity contribution >= 4 is 0 Å². The van der Waals surface area contributed by atoms with Crippen LogP contribution in [0.15, 0.2) is 0 Å². The third-order valence-electron chi connectivity index (χ3n) is 1.88. The van der Waals surface area contributed by atoms with Gasteiger partial charge in [-0.05, 0) is 19.4 Å². The lowest BCUT2D eigenvalue weighted by Gasteiger charge is -2.15. The molecular formula is C10H19F4NO. The second-order valence-electron chi connectivity index (χ2n) is 3.93. The molecule has 0 bridgehead atoms. The molecule has 0 fully saturated rings. The van der Waals surface area contributed by atoms with Gasteiger partial charge in [0.25, 0.3) is 0 Å². The minimum Gasteiger partial charge on any atom is -0.375 e. The van der Waals surface area contributed by atoms with Crippen molar-refractivity contribution in [3.05, 3.63) is 0 Å². The predicted molar refractivity (Wildman–Crippen MR) is 54.1 cm³/mol. The van der Waals surface area contributed by atoms with Crippen molar-refractivity contribution in [2.75, 3.05) is 19.8 Å². The van der Waals surface area contributed by atoms with Gasteiger partial charge < -0.3 is 10.1 Å². The molecule has 0 saturated carbocycles. The summed E-state index contributed by atoms with van der Waals surface area (Å²) in [5.74, 6) is -4.03. The predicted octanol–water partition coefficient (Wildman–Crippen LogP) is 2.68. The van der Waals surface area contributed by atoms with Gasteiger partial charge in [-0.2, -0.15) is 8.78 Å². The largest absolute Gasteiger partial charge is 0.375 e. The summed E-state index contributed by atoms with van der Waals surface area (Å²) < 4.78 is 52.6. The molecule has 0 aliphatic carbocycles. The topological polar surface area (TPSA) is 21.3 Å². The van der Waals surface area contributed by atoms with Crippen LogP contribution in [0.3, 0.4) is 0 Å². The maximum Gasteiger partial charge on any atom is 0.330 e. The molecule has 2 nitrogen and oxygen atoms in total. The average molecular weight is 245 g/mol. The van der Waals surface area contributed by atoms with E-state index in [1.165, 1.54) is 0 Å². The number of hydrogen-bond donors (Lipinski definition) is 1. The highest BCUT2D eigenvalue weighted by Gasteiger charge is 2.40. The molecule has 0 heterocycles. The molecular weight excluding hydrogens is 226 g/mol. The number of hydrogen-bond acceptors (Lipinski definition) is 2. The van der Waals surface area contributed by atoms with Gasteiger partial charge in [-0.25, -0.2) is 8.78 Å². The maximum absolute atomic E-state index is 12.3. The molecule has 0 atom stereocenters. The van der Waals surface area contributed by atoms with Crippen molar-refractivity contribution in [3.8, 4) is 0 Å². The number of rotatable bonds is 9. The summed E-state index contributed by atoms with van der Waals surface area (Å²) in [6.45, 7) is 3.65. The molecule has 0 rings (SSSR count). The molecule has 0 spiro atoms. The Morgan fingerprint density at radius 2 is 1.81 bits per heavy atom. The smallest absolute Gasteiger partial charge is 0.330 e. The van der Waals surface area contributed by atoms with Crippen LogP contribution in [-0.2, 0) is 4.74 Å². The van der Waals surface area contributed by atoms with E-state index in [4.69, 9.17) is 0 Å². The van der Waals surface area contributed by atoms with Crippen LogP contribution in [0.5, 0.6) is 0 Å². The minimum absolute atomic E-state index is 0.0854. The van der Waals surface area contributed by atoms with Gasteiger partial charge in [-0.1, -0.05) is 13.8 Å². The Morgan fingerprint density at radius 3 is 2.31 bits per heavy atom. The molecule has 0 aromatic rings. The quantitative estimate of drug-likeness (QED) is 0.498. The first-order valence-corrected chi connectivity index (χ1v) is 5.33. The van der Waals surface area contributed by atoms with E-state index in [0.717, 1.165) is 13.0 Å². The molecule has 0 saturated heterocycles. The van der Waals surface area contributed by atoms with Crippen molar-refractivity contribution in [2.24, 2.45) is 0 Å². The molecule has 0 aliphatic heterocycles. The van der Waals surface area contributed by atoms with Crippen LogP contribution in [-0.4, -0.2) is 38.1 Å². The fourth-order valence-corrected chi connectivity index (χ4v) is 0.991. The maximum atomic E-state index is 12.3. The highest BCUT2D eigenvalue weighted by molar-refractivity contribution is 4.67. The van der Waals surface area contributed by atoms with Crippen molar-refractivity contribution in [3.63, 3.8) is 0 Å². The van der Waals surface area contributed by atoms with Gasteiger partial charge in [0.2, 0.25) is 0 Å². The third kappa shape index (κ3) is 7.87. The van der Waals surface area contributed by atoms with E-state index >= 15 is 0 Å². The summed E-state index contributed by atoms with van der Waals surface area (Å²) in [6, 6.07) is 0.379. The third-order valence-corrected chi connectivity index (χ3v) is 1.88. The summed E-state index contributed by atoms with van der Waals surface area (Å²) in [7, 11) is 0. The Kier molecular flexibility index (Phi) is 7.66. The highest BCUT2D eigenvalue weighted by Crippen LogP contribution is 2.22. The second kappa shape index (κ2) is 7.84. The Balaban J connectivity index is 3.34. The fourth-order valence-electron chi connectivity index (χ4n) is 0.991. The first-order chi connectivity index (χ1) is 7.36. The van der Waals surface area contributed by atoms with Crippen LogP contribution < -0.4 is 5.32 Å². The molecule has 16 heavy (non-hydrogen) atoms. The van der Waals surface area contributed by atoms with E-state index in [9.17, 15) is 17.6 Å². The van der Waals surface area contributed by atoms with Gasteiger partial charge in [-0.15, -0.1) is 0 Å². The Morgan fingerprint density at radius 1 is 1.19 bits per heavy atom. The average Bonchev–Trinajstić information content (AvgIpc) is 2.15. The Bertz CT molecular complexity index is 176. The SMILES string of the molecule is CC(C)NCCCCOCC(F)(F)C(F)F. The summed E-state index contributed by atoms with van der Waals surface area (Å²) in [6.07, 6.45) is -2.30.